The normalized spacial score (nSPS) is 15.1. The lowest BCUT2D eigenvalue weighted by molar-refractivity contribution is -0.132. The van der Waals surface area contributed by atoms with Crippen LogP contribution in [0.4, 0.5) is 0 Å². The zero-order valence-corrected chi connectivity index (χ0v) is 27.2. The third kappa shape index (κ3) is 25.1. The Labute approximate surface area is 258 Å². The summed E-state index contributed by atoms with van der Waals surface area (Å²) in [6.45, 7) is 3.94. The van der Waals surface area contributed by atoms with Gasteiger partial charge in [0.25, 0.3) is 0 Å². The molecule has 0 radical (unpaired) electrons. The first-order chi connectivity index (χ1) is 20.5. The molecule has 0 fully saturated rings. The monoisotopic (exact) mass is 594 g/mol. The number of aliphatic hydroxyl groups is 4. The van der Waals surface area contributed by atoms with Gasteiger partial charge in [0.15, 0.2) is 0 Å². The van der Waals surface area contributed by atoms with Gasteiger partial charge in [-0.25, -0.2) is 0 Å². The predicted octanol–water partition coefficient (Wildman–Crippen LogP) is 7.84. The smallest absolute Gasteiger partial charge is 0.249 e. The maximum Gasteiger partial charge on any atom is 0.249 e. The van der Waals surface area contributed by atoms with Gasteiger partial charge in [0.05, 0.1) is 18.8 Å². The van der Waals surface area contributed by atoms with Crippen LogP contribution in [0.3, 0.4) is 0 Å². The molecule has 42 heavy (non-hydrogen) atoms. The summed E-state index contributed by atoms with van der Waals surface area (Å²) in [5.74, 6) is -0.612. The van der Waals surface area contributed by atoms with Crippen molar-refractivity contribution >= 4 is 5.91 Å². The molecule has 4 unspecified atom stereocenters. The fraction of sp³-hybridized carbons (Fsp3) is 0.806. The van der Waals surface area contributed by atoms with Crippen LogP contribution in [0.25, 0.3) is 0 Å². The van der Waals surface area contributed by atoms with Gasteiger partial charge in [0.2, 0.25) is 5.91 Å². The SMILES string of the molecule is CCCC/C=C\CCCCCCC(O)C(=O)NC(CO)C(O)C(O)CCC/C=C/CC/C=C/CCCCCCCCC. The number of aliphatic hydroxyl groups excluding tert-OH is 4. The van der Waals surface area contributed by atoms with E-state index in [1.165, 1.54) is 64.2 Å². The van der Waals surface area contributed by atoms with E-state index in [0.717, 1.165) is 57.8 Å². The minimum Gasteiger partial charge on any atom is -0.394 e. The Morgan fingerprint density at radius 2 is 1.02 bits per heavy atom. The van der Waals surface area contributed by atoms with Crippen molar-refractivity contribution in [1.29, 1.82) is 0 Å². The van der Waals surface area contributed by atoms with E-state index in [4.69, 9.17) is 0 Å². The molecular weight excluding hydrogens is 526 g/mol. The van der Waals surface area contributed by atoms with Gasteiger partial charge < -0.3 is 25.7 Å². The van der Waals surface area contributed by atoms with Crippen molar-refractivity contribution in [3.05, 3.63) is 36.5 Å². The van der Waals surface area contributed by atoms with Gasteiger partial charge in [-0.2, -0.15) is 0 Å². The summed E-state index contributed by atoms with van der Waals surface area (Å²) in [7, 11) is 0. The number of amides is 1. The quantitative estimate of drug-likeness (QED) is 0.0431. The van der Waals surface area contributed by atoms with Crippen LogP contribution in [0.1, 0.15) is 155 Å². The zero-order valence-electron chi connectivity index (χ0n) is 27.2. The molecule has 0 aliphatic carbocycles. The van der Waals surface area contributed by atoms with Crippen molar-refractivity contribution in [2.75, 3.05) is 6.61 Å². The summed E-state index contributed by atoms with van der Waals surface area (Å²) in [6, 6.07) is -1.01. The van der Waals surface area contributed by atoms with E-state index in [1.807, 2.05) is 0 Å². The minimum absolute atomic E-state index is 0.344. The van der Waals surface area contributed by atoms with Crippen LogP contribution in [0.5, 0.6) is 0 Å². The van der Waals surface area contributed by atoms with Crippen molar-refractivity contribution in [1.82, 2.24) is 5.32 Å². The van der Waals surface area contributed by atoms with Crippen LogP contribution in [-0.2, 0) is 4.79 Å². The topological polar surface area (TPSA) is 110 Å². The molecule has 5 N–H and O–H groups in total. The molecule has 0 aliphatic rings. The van der Waals surface area contributed by atoms with E-state index >= 15 is 0 Å². The highest BCUT2D eigenvalue weighted by atomic mass is 16.3. The van der Waals surface area contributed by atoms with E-state index in [2.05, 4.69) is 55.6 Å². The van der Waals surface area contributed by atoms with E-state index in [0.29, 0.717) is 19.3 Å². The Bertz CT molecular complexity index is 678. The molecule has 4 atom stereocenters. The second-order valence-corrected chi connectivity index (χ2v) is 11.8. The lowest BCUT2D eigenvalue weighted by atomic mass is 10.00. The minimum atomic E-state index is -1.29. The lowest BCUT2D eigenvalue weighted by Crippen LogP contribution is -2.53. The summed E-state index contributed by atoms with van der Waals surface area (Å²) in [5, 5.41) is 43.2. The molecule has 0 aromatic heterocycles. The third-order valence-electron chi connectivity index (χ3n) is 7.80. The molecule has 1 amide bonds. The van der Waals surface area contributed by atoms with Crippen LogP contribution in [-0.4, -0.2) is 57.3 Å². The number of hydrogen-bond acceptors (Lipinski definition) is 5. The van der Waals surface area contributed by atoms with Crippen LogP contribution < -0.4 is 5.32 Å². The number of unbranched alkanes of at least 4 members (excludes halogenated alkanes) is 15. The largest absolute Gasteiger partial charge is 0.394 e. The van der Waals surface area contributed by atoms with Gasteiger partial charge in [-0.15, -0.1) is 0 Å². The molecule has 0 spiro atoms. The molecular formula is C36H67NO5. The van der Waals surface area contributed by atoms with E-state index in [9.17, 15) is 25.2 Å². The fourth-order valence-electron chi connectivity index (χ4n) is 4.93. The second-order valence-electron chi connectivity index (χ2n) is 11.8. The summed E-state index contributed by atoms with van der Waals surface area (Å²) in [4.78, 5) is 12.4. The third-order valence-corrected chi connectivity index (χ3v) is 7.80. The maximum atomic E-state index is 12.4. The molecule has 0 aromatic rings. The van der Waals surface area contributed by atoms with Crippen LogP contribution in [0.15, 0.2) is 36.5 Å². The molecule has 6 nitrogen and oxygen atoms in total. The number of carbonyl (C=O) groups is 1. The average Bonchev–Trinajstić information content (AvgIpc) is 2.99. The fourth-order valence-corrected chi connectivity index (χ4v) is 4.93. The molecule has 246 valence electrons. The van der Waals surface area contributed by atoms with Crippen molar-refractivity contribution in [2.45, 2.75) is 179 Å². The Hall–Kier alpha value is -1.47. The Balaban J connectivity index is 3.95. The standard InChI is InChI=1S/C36H67NO5/c1-3-5-7-9-11-13-15-16-17-18-19-20-22-23-25-27-29-33(39)35(41)32(31-38)37-36(42)34(40)30-28-26-24-21-14-12-10-8-6-4-2/h10,12,17-18,22-23,32-35,38-41H,3-9,11,13-16,19-21,24-31H2,1-2H3,(H,37,42)/b12-10-,18-17+,23-22+. The van der Waals surface area contributed by atoms with E-state index in [-0.39, 0.29) is 0 Å². The van der Waals surface area contributed by atoms with Crippen molar-refractivity contribution in [3.8, 4) is 0 Å². The Morgan fingerprint density at radius 3 is 1.57 bits per heavy atom. The predicted molar refractivity (Wildman–Crippen MR) is 177 cm³/mol. The van der Waals surface area contributed by atoms with Crippen molar-refractivity contribution in [3.63, 3.8) is 0 Å². The van der Waals surface area contributed by atoms with E-state index < -0.39 is 36.9 Å². The number of carbonyl (C=O) groups excluding carboxylic acids is 1. The summed E-state index contributed by atoms with van der Waals surface area (Å²) in [5.41, 5.74) is 0. The first-order valence-corrected chi connectivity index (χ1v) is 17.4. The van der Waals surface area contributed by atoms with E-state index in [1.54, 1.807) is 0 Å². The second kappa shape index (κ2) is 31.0. The molecule has 0 heterocycles. The molecule has 0 saturated heterocycles. The molecule has 0 bridgehead atoms. The molecule has 0 saturated carbocycles. The Kier molecular flexibility index (Phi) is 29.9. The highest BCUT2D eigenvalue weighted by Crippen LogP contribution is 2.12. The van der Waals surface area contributed by atoms with Gasteiger partial charge in [-0.05, 0) is 70.6 Å². The highest BCUT2D eigenvalue weighted by Gasteiger charge is 2.28. The van der Waals surface area contributed by atoms with Gasteiger partial charge in [-0.3, -0.25) is 4.79 Å². The first kappa shape index (κ1) is 40.5. The number of hydrogen-bond donors (Lipinski definition) is 5. The number of nitrogens with one attached hydrogen (secondary N) is 1. The summed E-state index contributed by atoms with van der Waals surface area (Å²) >= 11 is 0. The van der Waals surface area contributed by atoms with Gasteiger partial charge in [-0.1, -0.05) is 121 Å². The Morgan fingerprint density at radius 1 is 0.571 bits per heavy atom. The van der Waals surface area contributed by atoms with Gasteiger partial charge in [0, 0.05) is 0 Å². The highest BCUT2D eigenvalue weighted by molar-refractivity contribution is 5.80. The zero-order chi connectivity index (χ0) is 31.1. The van der Waals surface area contributed by atoms with Gasteiger partial charge in [0.1, 0.15) is 12.2 Å². The molecule has 6 heteroatoms. The van der Waals surface area contributed by atoms with Crippen LogP contribution >= 0.6 is 0 Å². The van der Waals surface area contributed by atoms with Crippen LogP contribution in [0, 0.1) is 0 Å². The summed E-state index contributed by atoms with van der Waals surface area (Å²) < 4.78 is 0. The molecule has 0 rings (SSSR count). The number of rotatable bonds is 30. The average molecular weight is 594 g/mol. The lowest BCUT2D eigenvalue weighted by Gasteiger charge is -2.27. The van der Waals surface area contributed by atoms with Crippen molar-refractivity contribution in [2.24, 2.45) is 0 Å². The first-order valence-electron chi connectivity index (χ1n) is 17.4. The molecule has 0 aromatic carbocycles. The van der Waals surface area contributed by atoms with Crippen LogP contribution in [0.2, 0.25) is 0 Å². The summed E-state index contributed by atoms with van der Waals surface area (Å²) in [6.07, 6.45) is 33.1. The maximum absolute atomic E-state index is 12.4. The number of allylic oxidation sites excluding steroid dienone is 6. The van der Waals surface area contributed by atoms with Crippen molar-refractivity contribution < 1.29 is 25.2 Å². The van der Waals surface area contributed by atoms with Gasteiger partial charge >= 0.3 is 0 Å². The molecule has 0 aliphatic heterocycles.